The van der Waals surface area contributed by atoms with Gasteiger partial charge >= 0.3 is 0 Å². The van der Waals surface area contributed by atoms with Crippen molar-refractivity contribution in [2.24, 2.45) is 0 Å². The zero-order valence-corrected chi connectivity index (χ0v) is 8.79. The Hall–Kier alpha value is 0.170. The standard InChI is InChI=1S/C8H15NOS2/c10-8(6-11)9-5-7-3-1-2-4-12-7/h7,11H,1-6H2,(H,9,10). The molecule has 0 bridgehead atoms. The summed E-state index contributed by atoms with van der Waals surface area (Å²) in [5.41, 5.74) is 0. The van der Waals surface area contributed by atoms with Crippen molar-refractivity contribution in [2.45, 2.75) is 24.5 Å². The van der Waals surface area contributed by atoms with Gasteiger partial charge in [0.25, 0.3) is 0 Å². The Bertz CT molecular complexity index is 146. The fourth-order valence-corrected chi connectivity index (χ4v) is 2.60. The van der Waals surface area contributed by atoms with Crippen LogP contribution in [0.5, 0.6) is 0 Å². The van der Waals surface area contributed by atoms with Crippen LogP contribution in [-0.4, -0.2) is 29.2 Å². The molecule has 1 fully saturated rings. The number of thiol groups is 1. The first-order chi connectivity index (χ1) is 5.83. The smallest absolute Gasteiger partial charge is 0.229 e. The van der Waals surface area contributed by atoms with E-state index in [1.807, 2.05) is 11.8 Å². The summed E-state index contributed by atoms with van der Waals surface area (Å²) in [5, 5.41) is 3.51. The summed E-state index contributed by atoms with van der Waals surface area (Å²) in [7, 11) is 0. The molecule has 1 heterocycles. The number of carbonyl (C=O) groups excluding carboxylic acids is 1. The minimum atomic E-state index is 0.0458. The maximum absolute atomic E-state index is 10.9. The molecule has 1 N–H and O–H groups in total. The van der Waals surface area contributed by atoms with Gasteiger partial charge in [0.05, 0.1) is 5.75 Å². The molecule has 0 aromatic rings. The Balaban J connectivity index is 2.09. The Morgan fingerprint density at radius 2 is 2.42 bits per heavy atom. The van der Waals surface area contributed by atoms with Gasteiger partial charge in [0.1, 0.15) is 0 Å². The Morgan fingerprint density at radius 3 is 3.00 bits per heavy atom. The van der Waals surface area contributed by atoms with E-state index in [2.05, 4.69) is 17.9 Å². The lowest BCUT2D eigenvalue weighted by atomic mass is 10.2. The average Bonchev–Trinajstić information content (AvgIpc) is 2.16. The summed E-state index contributed by atoms with van der Waals surface area (Å²) in [4.78, 5) is 10.9. The predicted molar refractivity (Wildman–Crippen MR) is 57.0 cm³/mol. The third-order valence-corrected chi connectivity index (χ3v) is 3.63. The molecule has 1 aliphatic rings. The molecular formula is C8H15NOS2. The molecule has 1 atom stereocenters. The molecule has 0 aliphatic carbocycles. The van der Waals surface area contributed by atoms with Gasteiger partial charge in [-0.3, -0.25) is 4.79 Å². The first-order valence-corrected chi connectivity index (χ1v) is 6.00. The van der Waals surface area contributed by atoms with Crippen LogP contribution in [0.2, 0.25) is 0 Å². The second-order valence-electron chi connectivity index (χ2n) is 2.95. The van der Waals surface area contributed by atoms with Crippen LogP contribution in [0.15, 0.2) is 0 Å². The van der Waals surface area contributed by atoms with Crippen molar-refractivity contribution in [1.29, 1.82) is 0 Å². The summed E-state index contributed by atoms with van der Waals surface area (Å²) < 4.78 is 0. The molecule has 12 heavy (non-hydrogen) atoms. The van der Waals surface area contributed by atoms with Gasteiger partial charge in [-0.25, -0.2) is 0 Å². The van der Waals surface area contributed by atoms with Crippen LogP contribution in [0.25, 0.3) is 0 Å². The normalized spacial score (nSPS) is 23.6. The minimum Gasteiger partial charge on any atom is -0.354 e. The lowest BCUT2D eigenvalue weighted by Crippen LogP contribution is -2.32. The van der Waals surface area contributed by atoms with Crippen molar-refractivity contribution < 1.29 is 4.79 Å². The van der Waals surface area contributed by atoms with Crippen molar-refractivity contribution in [1.82, 2.24) is 5.32 Å². The second kappa shape index (κ2) is 5.75. The summed E-state index contributed by atoms with van der Waals surface area (Å²) in [6.45, 7) is 0.823. The van der Waals surface area contributed by atoms with E-state index in [1.165, 1.54) is 25.0 Å². The zero-order valence-electron chi connectivity index (χ0n) is 7.08. The van der Waals surface area contributed by atoms with Crippen molar-refractivity contribution in [2.75, 3.05) is 18.1 Å². The van der Waals surface area contributed by atoms with E-state index in [9.17, 15) is 4.79 Å². The molecule has 0 spiro atoms. The van der Waals surface area contributed by atoms with Gasteiger partial charge in [0.15, 0.2) is 0 Å². The van der Waals surface area contributed by atoms with Crippen LogP contribution in [-0.2, 0) is 4.79 Å². The van der Waals surface area contributed by atoms with Crippen molar-refractivity contribution in [3.63, 3.8) is 0 Å². The van der Waals surface area contributed by atoms with Crippen molar-refractivity contribution >= 4 is 30.3 Å². The molecule has 70 valence electrons. The molecule has 1 unspecified atom stereocenters. The van der Waals surface area contributed by atoms with E-state index >= 15 is 0 Å². The molecule has 0 saturated carbocycles. The first kappa shape index (κ1) is 10.3. The van der Waals surface area contributed by atoms with Gasteiger partial charge in [0, 0.05) is 11.8 Å². The highest BCUT2D eigenvalue weighted by Crippen LogP contribution is 2.24. The van der Waals surface area contributed by atoms with Crippen LogP contribution in [0.3, 0.4) is 0 Å². The van der Waals surface area contributed by atoms with Crippen molar-refractivity contribution in [3.05, 3.63) is 0 Å². The van der Waals surface area contributed by atoms with Gasteiger partial charge < -0.3 is 5.32 Å². The molecule has 1 rings (SSSR count). The second-order valence-corrected chi connectivity index (χ2v) is 4.68. The highest BCUT2D eigenvalue weighted by molar-refractivity contribution is 7.99. The molecule has 1 aliphatic heterocycles. The molecular weight excluding hydrogens is 190 g/mol. The van der Waals surface area contributed by atoms with Gasteiger partial charge in [0.2, 0.25) is 5.91 Å². The van der Waals surface area contributed by atoms with E-state index in [4.69, 9.17) is 0 Å². The van der Waals surface area contributed by atoms with Crippen LogP contribution >= 0.6 is 24.4 Å². The monoisotopic (exact) mass is 205 g/mol. The lowest BCUT2D eigenvalue weighted by molar-refractivity contribution is -0.118. The van der Waals surface area contributed by atoms with Crippen LogP contribution in [0.4, 0.5) is 0 Å². The fraction of sp³-hybridized carbons (Fsp3) is 0.875. The average molecular weight is 205 g/mol. The minimum absolute atomic E-state index is 0.0458. The molecule has 1 amide bonds. The molecule has 4 heteroatoms. The number of nitrogens with one attached hydrogen (secondary N) is 1. The van der Waals surface area contributed by atoms with Gasteiger partial charge in [-0.05, 0) is 18.6 Å². The summed E-state index contributed by atoms with van der Waals surface area (Å²) in [6.07, 6.45) is 3.90. The number of amides is 1. The molecule has 0 radical (unpaired) electrons. The number of hydrogen-bond donors (Lipinski definition) is 2. The molecule has 0 aromatic heterocycles. The van der Waals surface area contributed by atoms with Crippen LogP contribution in [0.1, 0.15) is 19.3 Å². The van der Waals surface area contributed by atoms with E-state index in [-0.39, 0.29) is 5.91 Å². The highest BCUT2D eigenvalue weighted by atomic mass is 32.2. The van der Waals surface area contributed by atoms with Crippen LogP contribution < -0.4 is 5.32 Å². The van der Waals surface area contributed by atoms with E-state index in [0.29, 0.717) is 11.0 Å². The molecule has 0 aromatic carbocycles. The maximum atomic E-state index is 10.9. The first-order valence-electron chi connectivity index (χ1n) is 4.32. The zero-order chi connectivity index (χ0) is 8.81. The van der Waals surface area contributed by atoms with E-state index in [1.54, 1.807) is 0 Å². The number of hydrogen-bond acceptors (Lipinski definition) is 3. The summed E-state index contributed by atoms with van der Waals surface area (Å²) in [5.74, 6) is 1.60. The maximum Gasteiger partial charge on any atom is 0.229 e. The largest absolute Gasteiger partial charge is 0.354 e. The molecule has 1 saturated heterocycles. The third-order valence-electron chi connectivity index (χ3n) is 1.94. The Labute approximate surface area is 83.3 Å². The predicted octanol–water partition coefficient (Wildman–Crippen LogP) is 1.32. The van der Waals surface area contributed by atoms with Gasteiger partial charge in [-0.15, -0.1) is 0 Å². The number of thioether (sulfide) groups is 1. The lowest BCUT2D eigenvalue weighted by Gasteiger charge is -2.21. The van der Waals surface area contributed by atoms with Crippen LogP contribution in [0, 0.1) is 0 Å². The van der Waals surface area contributed by atoms with E-state index in [0.717, 1.165) is 6.54 Å². The topological polar surface area (TPSA) is 29.1 Å². The summed E-state index contributed by atoms with van der Waals surface area (Å²) in [6, 6.07) is 0. The Morgan fingerprint density at radius 1 is 1.58 bits per heavy atom. The van der Waals surface area contributed by atoms with E-state index < -0.39 is 0 Å². The third kappa shape index (κ3) is 3.72. The van der Waals surface area contributed by atoms with Crippen molar-refractivity contribution in [3.8, 4) is 0 Å². The summed E-state index contributed by atoms with van der Waals surface area (Å²) >= 11 is 5.87. The highest BCUT2D eigenvalue weighted by Gasteiger charge is 2.13. The number of carbonyl (C=O) groups is 1. The fourth-order valence-electron chi connectivity index (χ4n) is 1.25. The van der Waals surface area contributed by atoms with Gasteiger partial charge in [-0.1, -0.05) is 6.42 Å². The Kier molecular flexibility index (Phi) is 4.92. The number of rotatable bonds is 3. The van der Waals surface area contributed by atoms with Gasteiger partial charge in [-0.2, -0.15) is 24.4 Å². The molecule has 2 nitrogen and oxygen atoms in total. The SMILES string of the molecule is O=C(CS)NCC1CCCCS1. The quantitative estimate of drug-likeness (QED) is 0.680.